The van der Waals surface area contributed by atoms with Gasteiger partial charge in [0.2, 0.25) is 10.0 Å². The van der Waals surface area contributed by atoms with Gasteiger partial charge in [-0.1, -0.05) is 59.7 Å². The minimum absolute atomic E-state index is 0.0701. The summed E-state index contributed by atoms with van der Waals surface area (Å²) in [5, 5.41) is 8.28. The number of amides is 1. The molecule has 1 unspecified atom stereocenters. The van der Waals surface area contributed by atoms with Crippen molar-refractivity contribution in [2.24, 2.45) is 5.92 Å². The van der Waals surface area contributed by atoms with Crippen LogP contribution in [0.1, 0.15) is 17.5 Å². The molecule has 1 aliphatic carbocycles. The van der Waals surface area contributed by atoms with E-state index in [9.17, 15) is 26.4 Å². The number of fused-ring (bicyclic) bond motifs is 2. The van der Waals surface area contributed by atoms with Gasteiger partial charge in [-0.2, -0.15) is 22.8 Å². The van der Waals surface area contributed by atoms with Crippen LogP contribution in [0, 0.1) is 5.92 Å². The molecule has 3 heterocycles. The summed E-state index contributed by atoms with van der Waals surface area (Å²) in [6, 6.07) is 13.6. The third-order valence-electron chi connectivity index (χ3n) is 7.95. The van der Waals surface area contributed by atoms with E-state index in [1.165, 1.54) is 18.3 Å². The number of hydrogen-bond donors (Lipinski definition) is 2. The zero-order valence-corrected chi connectivity index (χ0v) is 25.8. The molecule has 2 aromatic carbocycles. The lowest BCUT2D eigenvalue weighted by molar-refractivity contribution is -0.186. The van der Waals surface area contributed by atoms with Gasteiger partial charge in [-0.3, -0.25) is 4.79 Å². The van der Waals surface area contributed by atoms with Crippen molar-refractivity contribution >= 4 is 52.3 Å². The van der Waals surface area contributed by atoms with Crippen molar-refractivity contribution in [3.63, 3.8) is 0 Å². The number of benzene rings is 2. The first-order valence-corrected chi connectivity index (χ1v) is 16.2. The van der Waals surface area contributed by atoms with Crippen molar-refractivity contribution in [2.45, 2.75) is 30.5 Å². The number of anilines is 1. The number of aromatic nitrogens is 3. The molecule has 1 atom stereocenters. The van der Waals surface area contributed by atoms with Crippen LogP contribution in [-0.4, -0.2) is 67.5 Å². The molecule has 46 heavy (non-hydrogen) atoms. The fourth-order valence-corrected chi connectivity index (χ4v) is 6.94. The largest absolute Gasteiger partial charge is 0.471 e. The van der Waals surface area contributed by atoms with Gasteiger partial charge in [0.15, 0.2) is 5.65 Å². The molecule has 0 spiro atoms. The van der Waals surface area contributed by atoms with Crippen molar-refractivity contribution in [2.75, 3.05) is 25.0 Å². The number of carbonyl (C=O) groups excluding carboxylic acids is 1. The Kier molecular flexibility index (Phi) is 8.70. The first kappa shape index (κ1) is 31.8. The summed E-state index contributed by atoms with van der Waals surface area (Å²) in [5.74, 6) is -1.44. The Morgan fingerprint density at radius 1 is 1.13 bits per heavy atom. The molecule has 2 radical (unpaired) electrons. The Labute approximate surface area is 269 Å². The summed E-state index contributed by atoms with van der Waals surface area (Å²) in [5.41, 5.74) is 4.36. The summed E-state index contributed by atoms with van der Waals surface area (Å²) in [7, 11) is 2.15. The lowest BCUT2D eigenvalue weighted by Gasteiger charge is -2.29. The number of sulfonamides is 1. The van der Waals surface area contributed by atoms with E-state index in [1.807, 2.05) is 42.5 Å². The van der Waals surface area contributed by atoms with E-state index in [4.69, 9.17) is 19.4 Å². The zero-order chi connectivity index (χ0) is 32.6. The monoisotopic (exact) mass is 666 g/mol. The van der Waals surface area contributed by atoms with Crippen LogP contribution >= 0.6 is 11.6 Å². The molecular weight excluding hydrogens is 640 g/mol. The van der Waals surface area contributed by atoms with Gasteiger partial charge in [0.1, 0.15) is 13.7 Å². The van der Waals surface area contributed by atoms with E-state index in [2.05, 4.69) is 20.1 Å². The standard InChI is InChI=1S/C31H27BClF3N6O3S/c32-25-17-38-42-28(14-27(40-29(25)42)24-6-1-2-7-26(24)33)37-15-19-4-3-5-20(12-19)16-39-46(44,45)23-9-8-21-10-11-41(18-22(21)13-23)30(43)31(34,35)36/h1-9,13-14,17,20,37,39H,10-12,15-16,18H2. The first-order valence-electron chi connectivity index (χ1n) is 14.4. The van der Waals surface area contributed by atoms with E-state index in [-0.39, 0.29) is 36.9 Å². The molecule has 2 N–H and O–H groups in total. The van der Waals surface area contributed by atoms with Crippen LogP contribution in [0.4, 0.5) is 19.0 Å². The lowest BCUT2D eigenvalue weighted by Crippen LogP contribution is -2.43. The third kappa shape index (κ3) is 6.69. The molecule has 2 aromatic heterocycles. The SMILES string of the molecule is [B]c1cnn2c(NCC3=CC=CC(CNS(=O)(=O)c4ccc5c(c4)CN(C(=O)C(F)(F)F)CC5)C3)cc(-c3ccccc3Cl)nc12. The third-order valence-corrected chi connectivity index (χ3v) is 9.70. The van der Waals surface area contributed by atoms with Crippen LogP contribution in [0.3, 0.4) is 0 Å². The minimum atomic E-state index is -4.99. The van der Waals surface area contributed by atoms with Crippen LogP contribution < -0.4 is 15.5 Å². The Morgan fingerprint density at radius 3 is 2.72 bits per heavy atom. The highest BCUT2D eigenvalue weighted by molar-refractivity contribution is 7.89. The topological polar surface area (TPSA) is 109 Å². The molecule has 236 valence electrons. The molecule has 0 bridgehead atoms. The number of nitrogens with one attached hydrogen (secondary N) is 2. The molecule has 0 fully saturated rings. The minimum Gasteiger partial charge on any atom is -0.366 e. The predicted octanol–water partition coefficient (Wildman–Crippen LogP) is 4.18. The number of hydrogen-bond acceptors (Lipinski definition) is 6. The summed E-state index contributed by atoms with van der Waals surface area (Å²) >= 11 is 6.42. The van der Waals surface area contributed by atoms with E-state index in [0.29, 0.717) is 56.6 Å². The summed E-state index contributed by atoms with van der Waals surface area (Å²) in [6.45, 7) is 0.154. The number of rotatable bonds is 8. The van der Waals surface area contributed by atoms with Gasteiger partial charge in [-0.05, 0) is 53.5 Å². The fraction of sp³-hybridized carbons (Fsp3) is 0.258. The van der Waals surface area contributed by atoms with Crippen molar-refractivity contribution in [1.82, 2.24) is 24.2 Å². The maximum Gasteiger partial charge on any atom is 0.471 e. The molecule has 4 aromatic rings. The zero-order valence-electron chi connectivity index (χ0n) is 24.3. The Bertz CT molecular complexity index is 2000. The van der Waals surface area contributed by atoms with Crippen molar-refractivity contribution < 1.29 is 26.4 Å². The van der Waals surface area contributed by atoms with Gasteiger partial charge >= 0.3 is 12.1 Å². The van der Waals surface area contributed by atoms with Crippen LogP contribution in [0.25, 0.3) is 16.9 Å². The number of nitrogens with zero attached hydrogens (tertiary/aromatic N) is 4. The maximum atomic E-state index is 13.2. The first-order chi connectivity index (χ1) is 21.9. The van der Waals surface area contributed by atoms with Gasteiger partial charge < -0.3 is 10.2 Å². The van der Waals surface area contributed by atoms with Crippen LogP contribution in [0.5, 0.6) is 0 Å². The molecule has 6 rings (SSSR count). The van der Waals surface area contributed by atoms with E-state index >= 15 is 0 Å². The highest BCUT2D eigenvalue weighted by Gasteiger charge is 2.43. The number of halogens is 4. The lowest BCUT2D eigenvalue weighted by atomic mass is 9.94. The fourth-order valence-electron chi connectivity index (χ4n) is 5.56. The number of alkyl halides is 3. The number of carbonyl (C=O) groups is 1. The summed E-state index contributed by atoms with van der Waals surface area (Å²) in [4.78, 5) is 17.0. The van der Waals surface area contributed by atoms with Crippen LogP contribution in [0.2, 0.25) is 5.02 Å². The highest BCUT2D eigenvalue weighted by Crippen LogP contribution is 2.30. The molecule has 0 saturated heterocycles. The summed E-state index contributed by atoms with van der Waals surface area (Å²) < 4.78 is 69.4. The second-order valence-corrected chi connectivity index (χ2v) is 13.3. The average molecular weight is 667 g/mol. The van der Waals surface area contributed by atoms with Crippen LogP contribution in [0.15, 0.2) is 83.4 Å². The normalized spacial score (nSPS) is 16.7. The molecule has 2 aliphatic rings. The van der Waals surface area contributed by atoms with Gasteiger partial charge in [-0.25, -0.2) is 18.1 Å². The maximum absolute atomic E-state index is 13.2. The quantitative estimate of drug-likeness (QED) is 0.273. The Balaban J connectivity index is 1.10. The highest BCUT2D eigenvalue weighted by atomic mass is 35.5. The van der Waals surface area contributed by atoms with Gasteiger partial charge in [-0.15, -0.1) is 0 Å². The molecule has 9 nitrogen and oxygen atoms in total. The Morgan fingerprint density at radius 2 is 1.93 bits per heavy atom. The van der Waals surface area contributed by atoms with E-state index < -0.39 is 22.1 Å². The van der Waals surface area contributed by atoms with Crippen molar-refractivity contribution in [3.05, 3.63) is 94.7 Å². The molecule has 1 aliphatic heterocycles. The number of allylic oxidation sites excluding steroid dienone is 2. The van der Waals surface area contributed by atoms with Gasteiger partial charge in [0.25, 0.3) is 0 Å². The predicted molar refractivity (Wildman–Crippen MR) is 169 cm³/mol. The summed E-state index contributed by atoms with van der Waals surface area (Å²) in [6.07, 6.45) is 3.05. The second-order valence-electron chi connectivity index (χ2n) is 11.1. The molecular formula is C31H27BClF3N6O3S. The van der Waals surface area contributed by atoms with Gasteiger partial charge in [0.05, 0.1) is 10.6 Å². The smallest absolute Gasteiger partial charge is 0.366 e. The molecule has 0 saturated carbocycles. The Hall–Kier alpha value is -4.14. The van der Waals surface area contributed by atoms with Crippen molar-refractivity contribution in [3.8, 4) is 11.3 Å². The van der Waals surface area contributed by atoms with E-state index in [1.54, 1.807) is 16.6 Å². The molecule has 15 heteroatoms. The second kappa shape index (κ2) is 12.6. The van der Waals surface area contributed by atoms with Crippen molar-refractivity contribution in [1.29, 1.82) is 0 Å². The van der Waals surface area contributed by atoms with Gasteiger partial charge in [0, 0.05) is 49.0 Å². The van der Waals surface area contributed by atoms with Crippen LogP contribution in [-0.2, 0) is 27.8 Å². The molecule has 1 amide bonds. The average Bonchev–Trinajstić information content (AvgIpc) is 3.42. The van der Waals surface area contributed by atoms with E-state index in [0.717, 1.165) is 11.1 Å².